The predicted octanol–water partition coefficient (Wildman–Crippen LogP) is 3.64. The molecule has 32 heavy (non-hydrogen) atoms. The van der Waals surface area contributed by atoms with Gasteiger partial charge in [-0.2, -0.15) is 0 Å². The number of benzene rings is 3. The summed E-state index contributed by atoms with van der Waals surface area (Å²) in [6.07, 6.45) is 3.00. The number of nitrogens with zero attached hydrogens (tertiary/aromatic N) is 2. The van der Waals surface area contributed by atoms with Crippen LogP contribution in [-0.2, 0) is 4.57 Å². The molecule has 0 saturated carbocycles. The van der Waals surface area contributed by atoms with Crippen molar-refractivity contribution in [3.05, 3.63) is 101 Å². The Morgan fingerprint density at radius 2 is 1.69 bits per heavy atom. The van der Waals surface area contributed by atoms with E-state index in [-0.39, 0.29) is 73.2 Å². The molecule has 4 rings (SSSR count). The summed E-state index contributed by atoms with van der Waals surface area (Å²) in [5.41, 5.74) is 1.34. The maximum Gasteiger partial charge on any atom is 0.257 e. The minimum Gasteiger partial charge on any atom is -0.790 e. The number of rotatable bonds is 5. The van der Waals surface area contributed by atoms with Gasteiger partial charge in [-0.25, -0.2) is 4.98 Å². The zero-order chi connectivity index (χ0) is 22.0. The van der Waals surface area contributed by atoms with Gasteiger partial charge in [0.2, 0.25) is 0 Å². The molecule has 1 unspecified atom stereocenters. The summed E-state index contributed by atoms with van der Waals surface area (Å²) in [4.78, 5) is 29.5. The number of halogens is 2. The van der Waals surface area contributed by atoms with E-state index in [1.807, 2.05) is 0 Å². The van der Waals surface area contributed by atoms with Gasteiger partial charge in [-0.1, -0.05) is 53.5 Å². The van der Waals surface area contributed by atoms with E-state index >= 15 is 0 Å². The fourth-order valence-electron chi connectivity index (χ4n) is 3.03. The van der Waals surface area contributed by atoms with Crippen molar-refractivity contribution in [1.82, 2.24) is 9.55 Å². The largest absolute Gasteiger partial charge is 0.790 e. The number of carbonyl (C=O) groups excluding carboxylic acids is 1. The summed E-state index contributed by atoms with van der Waals surface area (Å²) >= 11 is 11.9. The topological polar surface area (TPSA) is 87.0 Å². The third-order valence-electron chi connectivity index (χ3n) is 4.56. The molecular formula is C22H15Cl2KN3O3P-. The van der Waals surface area contributed by atoms with Crippen LogP contribution >= 0.6 is 30.6 Å². The molecule has 0 spiro atoms. The Morgan fingerprint density at radius 3 is 2.34 bits per heavy atom. The Kier molecular flexibility index (Phi) is 8.55. The molecule has 0 fully saturated rings. The molecule has 1 atom stereocenters. The summed E-state index contributed by atoms with van der Waals surface area (Å²) in [6.45, 7) is 0. The molecule has 0 aliphatic rings. The minimum absolute atomic E-state index is 0. The summed E-state index contributed by atoms with van der Waals surface area (Å²) in [6, 6.07) is 19.5. The van der Waals surface area contributed by atoms with E-state index in [0.29, 0.717) is 22.0 Å². The van der Waals surface area contributed by atoms with Gasteiger partial charge in [0.15, 0.2) is 5.57 Å². The van der Waals surface area contributed by atoms with Crippen molar-refractivity contribution in [2.45, 2.75) is 0 Å². The number of hydrogen-bond acceptors (Lipinski definition) is 4. The monoisotopic (exact) mass is 509 g/mol. The van der Waals surface area contributed by atoms with Gasteiger partial charge in [-0.15, -0.1) is 0 Å². The van der Waals surface area contributed by atoms with Gasteiger partial charge in [-0.3, -0.25) is 9.36 Å². The number of carbonyl (C=O) groups is 1. The molecule has 10 heteroatoms. The molecule has 4 aromatic rings. The molecule has 1 radical (unpaired) electrons. The van der Waals surface area contributed by atoms with Crippen molar-refractivity contribution >= 4 is 104 Å². The molecule has 157 valence electrons. The number of amides is 1. The molecule has 0 bridgehead atoms. The van der Waals surface area contributed by atoms with Crippen molar-refractivity contribution in [2.24, 2.45) is 0 Å². The molecule has 0 aliphatic heterocycles. The van der Waals surface area contributed by atoms with Crippen LogP contribution in [-0.4, -0.2) is 66.8 Å². The van der Waals surface area contributed by atoms with Gasteiger partial charge in [0.25, 0.3) is 5.91 Å². The van der Waals surface area contributed by atoms with Crippen molar-refractivity contribution in [3.8, 4) is 5.69 Å². The molecule has 3 aromatic carbocycles. The first kappa shape index (κ1) is 25.4. The Bertz CT molecular complexity index is 1300. The maximum atomic E-state index is 13.0. The van der Waals surface area contributed by atoms with Gasteiger partial charge in [0, 0.05) is 85.5 Å². The zero-order valence-electron chi connectivity index (χ0n) is 16.9. The molecule has 1 heterocycles. The minimum atomic E-state index is -4.13. The second kappa shape index (κ2) is 10.8. The maximum absolute atomic E-state index is 13.0. The molecule has 0 aliphatic carbocycles. The van der Waals surface area contributed by atoms with E-state index < -0.39 is 7.37 Å². The second-order valence-electron chi connectivity index (χ2n) is 6.61. The molecule has 1 amide bonds. The zero-order valence-corrected chi connectivity index (χ0v) is 22.4. The van der Waals surface area contributed by atoms with E-state index in [0.717, 1.165) is 0 Å². The van der Waals surface area contributed by atoms with Crippen molar-refractivity contribution < 1.29 is 14.3 Å². The third-order valence-corrected chi connectivity index (χ3v) is 6.94. The first-order chi connectivity index (χ1) is 14.9. The van der Waals surface area contributed by atoms with Gasteiger partial charge < -0.3 is 14.8 Å². The Balaban J connectivity index is 0.00000289. The van der Waals surface area contributed by atoms with Crippen LogP contribution in [0.5, 0.6) is 0 Å². The number of nitrogens with one attached hydrogen (secondary N) is 1. The van der Waals surface area contributed by atoms with Crippen LogP contribution in [0.3, 0.4) is 0 Å². The standard InChI is InChI=1S/C22H16Cl2N3O3P.K/c23-15-6-11-19(20(24)14-15)21(28)26-16-7-9-17(10-8-16)27-13-12-25-22(27)31(29,30)18-4-2-1-3-5-18;/h1-14H,(H,26,28)(H,29,30);/p-1. The smallest absolute Gasteiger partial charge is 0.257 e. The van der Waals surface area contributed by atoms with Crippen molar-refractivity contribution in [3.63, 3.8) is 0 Å². The number of anilines is 1. The Morgan fingerprint density at radius 1 is 1.00 bits per heavy atom. The quantitative estimate of drug-likeness (QED) is 0.328. The van der Waals surface area contributed by atoms with Crippen LogP contribution in [0.15, 0.2) is 85.2 Å². The van der Waals surface area contributed by atoms with Crippen LogP contribution in [0.2, 0.25) is 10.0 Å². The van der Waals surface area contributed by atoms with Crippen molar-refractivity contribution in [1.29, 1.82) is 0 Å². The number of aromatic nitrogens is 2. The van der Waals surface area contributed by atoms with E-state index in [1.165, 1.54) is 29.0 Å². The first-order valence-corrected chi connectivity index (χ1v) is 11.5. The van der Waals surface area contributed by atoms with Crippen LogP contribution in [0.25, 0.3) is 5.69 Å². The molecule has 0 saturated heterocycles. The van der Waals surface area contributed by atoms with E-state index in [1.54, 1.807) is 60.8 Å². The number of imidazole rings is 1. The molecule has 1 aromatic heterocycles. The van der Waals surface area contributed by atoms with Gasteiger partial charge >= 0.3 is 0 Å². The predicted molar refractivity (Wildman–Crippen MR) is 127 cm³/mol. The summed E-state index contributed by atoms with van der Waals surface area (Å²) in [7, 11) is -4.13. The van der Waals surface area contributed by atoms with Crippen LogP contribution in [0.1, 0.15) is 10.4 Å². The van der Waals surface area contributed by atoms with Gasteiger partial charge in [0.05, 0.1) is 10.6 Å². The summed E-state index contributed by atoms with van der Waals surface area (Å²) < 4.78 is 14.5. The van der Waals surface area contributed by atoms with Gasteiger partial charge in [-0.05, 0) is 42.5 Å². The first-order valence-electron chi connectivity index (χ1n) is 9.14. The Labute approximate surface area is 237 Å². The Hall–Kier alpha value is -1.25. The fourth-order valence-corrected chi connectivity index (χ4v) is 5.01. The van der Waals surface area contributed by atoms with Gasteiger partial charge in [0.1, 0.15) is 7.37 Å². The van der Waals surface area contributed by atoms with E-state index in [4.69, 9.17) is 23.2 Å². The summed E-state index contributed by atoms with van der Waals surface area (Å²) in [5.74, 6) is -0.383. The second-order valence-corrected chi connectivity index (χ2v) is 9.47. The fraction of sp³-hybridized carbons (Fsp3) is 0. The average Bonchev–Trinajstić information content (AvgIpc) is 3.26. The summed E-state index contributed by atoms with van der Waals surface area (Å²) in [5, 5.41) is 3.63. The molecular weight excluding hydrogens is 495 g/mol. The molecule has 1 N–H and O–H groups in total. The molecule has 6 nitrogen and oxygen atoms in total. The normalized spacial score (nSPS) is 12.5. The van der Waals surface area contributed by atoms with E-state index in [9.17, 15) is 14.3 Å². The van der Waals surface area contributed by atoms with Crippen molar-refractivity contribution in [2.75, 3.05) is 5.32 Å². The van der Waals surface area contributed by atoms with Crippen LogP contribution < -0.4 is 21.1 Å². The van der Waals surface area contributed by atoms with Crippen LogP contribution in [0, 0.1) is 0 Å². The third kappa shape index (κ3) is 5.45. The SMILES string of the molecule is O=C(Nc1ccc(-n2ccnc2P(=O)([O-])c2ccccc2)cc1)c1ccc(Cl)cc1Cl.[K]. The average molecular weight is 510 g/mol. The van der Waals surface area contributed by atoms with Crippen LogP contribution in [0.4, 0.5) is 5.69 Å². The van der Waals surface area contributed by atoms with E-state index in [2.05, 4.69) is 10.3 Å². The number of hydrogen-bond donors (Lipinski definition) is 1.